The van der Waals surface area contributed by atoms with Crippen LogP contribution < -0.4 is 27.1 Å². The van der Waals surface area contributed by atoms with E-state index >= 15 is 0 Å². The van der Waals surface area contributed by atoms with Crippen molar-refractivity contribution >= 4 is 29.2 Å². The molecule has 0 aliphatic carbocycles. The zero-order valence-electron chi connectivity index (χ0n) is 16.7. The summed E-state index contributed by atoms with van der Waals surface area (Å²) in [5.74, 6) is -1.76. The Balaban J connectivity index is 0.00000300. The molecule has 2 aromatic rings. The van der Waals surface area contributed by atoms with Crippen molar-refractivity contribution in [3.05, 3.63) is 60.7 Å². The predicted molar refractivity (Wildman–Crippen MR) is 108 cm³/mol. The number of hydrogen-bond donors (Lipinski definition) is 1. The molecule has 1 N–H and O–H groups in total. The Bertz CT molecular complexity index is 779. The van der Waals surface area contributed by atoms with Crippen LogP contribution in [0.4, 0.5) is 16.2 Å². The Kier molecular flexibility index (Phi) is 7.93. The lowest BCUT2D eigenvalue weighted by molar-refractivity contribution is -0.896. The van der Waals surface area contributed by atoms with Gasteiger partial charge < -0.3 is 17.3 Å². The number of rotatable bonds is 7. The standard InChI is InChI=1S/C22H25N3O3.ClH/c1-3-23(4-2)16-15-19-20(26)24(17-11-7-5-8-12-17)22(28)25(21(19)27)18-13-9-6-10-14-18;/h5-14,19H,3-4,15-16H2,1-2H3;1H. The number of amides is 4. The van der Waals surface area contributed by atoms with Gasteiger partial charge in [0.1, 0.15) is 5.92 Å². The molecule has 6 nitrogen and oxygen atoms in total. The number of quaternary nitrogens is 1. The first-order chi connectivity index (χ1) is 13.6. The Morgan fingerprint density at radius 1 is 0.759 bits per heavy atom. The average Bonchev–Trinajstić information content (AvgIpc) is 2.72. The molecule has 154 valence electrons. The summed E-state index contributed by atoms with van der Waals surface area (Å²) in [6.07, 6.45) is 0.411. The van der Waals surface area contributed by atoms with Crippen molar-refractivity contribution in [1.82, 2.24) is 0 Å². The number of nitrogens with one attached hydrogen (secondary N) is 1. The van der Waals surface area contributed by atoms with E-state index in [0.29, 0.717) is 24.3 Å². The van der Waals surface area contributed by atoms with Gasteiger partial charge >= 0.3 is 6.03 Å². The van der Waals surface area contributed by atoms with Crippen molar-refractivity contribution in [3.8, 4) is 0 Å². The van der Waals surface area contributed by atoms with Gasteiger partial charge in [-0.25, -0.2) is 14.6 Å². The van der Waals surface area contributed by atoms with Gasteiger partial charge in [-0.05, 0) is 38.1 Å². The van der Waals surface area contributed by atoms with E-state index in [1.165, 1.54) is 4.90 Å². The molecule has 0 bridgehead atoms. The lowest BCUT2D eigenvalue weighted by atomic mass is 9.98. The molecule has 1 aliphatic heterocycles. The van der Waals surface area contributed by atoms with Gasteiger partial charge in [-0.2, -0.15) is 0 Å². The highest BCUT2D eigenvalue weighted by atomic mass is 35.5. The Morgan fingerprint density at radius 3 is 1.55 bits per heavy atom. The van der Waals surface area contributed by atoms with Gasteiger partial charge in [0.25, 0.3) is 0 Å². The van der Waals surface area contributed by atoms with Gasteiger partial charge in [0.05, 0.1) is 31.0 Å². The molecule has 0 spiro atoms. The molecule has 7 heteroatoms. The van der Waals surface area contributed by atoms with E-state index in [0.717, 1.165) is 22.9 Å². The van der Waals surface area contributed by atoms with Crippen molar-refractivity contribution in [2.24, 2.45) is 5.92 Å². The number of urea groups is 1. The van der Waals surface area contributed by atoms with Gasteiger partial charge in [0.2, 0.25) is 11.8 Å². The van der Waals surface area contributed by atoms with Crippen LogP contribution in [-0.2, 0) is 9.59 Å². The van der Waals surface area contributed by atoms with Crippen molar-refractivity contribution in [1.29, 1.82) is 0 Å². The van der Waals surface area contributed by atoms with Crippen LogP contribution in [0.25, 0.3) is 0 Å². The molecule has 3 rings (SSSR count). The van der Waals surface area contributed by atoms with E-state index in [1.54, 1.807) is 48.5 Å². The maximum atomic E-state index is 13.2. The number of nitrogens with zero attached hydrogens (tertiary/aromatic N) is 2. The lowest BCUT2D eigenvalue weighted by Gasteiger charge is -2.37. The second kappa shape index (κ2) is 10.2. The van der Waals surface area contributed by atoms with Crippen LogP contribution in [0.1, 0.15) is 20.3 Å². The third-order valence-corrected chi connectivity index (χ3v) is 5.23. The van der Waals surface area contributed by atoms with Crippen LogP contribution in [0.5, 0.6) is 0 Å². The number of anilines is 2. The fourth-order valence-corrected chi connectivity index (χ4v) is 3.53. The fourth-order valence-electron chi connectivity index (χ4n) is 3.53. The third-order valence-electron chi connectivity index (χ3n) is 5.23. The lowest BCUT2D eigenvalue weighted by Crippen LogP contribution is -3.11. The first-order valence-electron chi connectivity index (χ1n) is 9.74. The van der Waals surface area contributed by atoms with Crippen LogP contribution in [0.15, 0.2) is 60.7 Å². The minimum absolute atomic E-state index is 0. The summed E-state index contributed by atoms with van der Waals surface area (Å²) < 4.78 is 0. The third kappa shape index (κ3) is 4.66. The topological polar surface area (TPSA) is 62.1 Å². The molecule has 1 aliphatic rings. The molecule has 0 unspecified atom stereocenters. The largest absolute Gasteiger partial charge is 1.00 e. The van der Waals surface area contributed by atoms with E-state index in [4.69, 9.17) is 0 Å². The van der Waals surface area contributed by atoms with Crippen molar-refractivity contribution < 1.29 is 31.7 Å². The van der Waals surface area contributed by atoms with E-state index in [2.05, 4.69) is 13.8 Å². The fraction of sp³-hybridized carbons (Fsp3) is 0.318. The summed E-state index contributed by atoms with van der Waals surface area (Å²) in [5, 5.41) is 0. The van der Waals surface area contributed by atoms with E-state index < -0.39 is 23.8 Å². The number of carbonyl (C=O) groups is 3. The number of barbiturate groups is 1. The van der Waals surface area contributed by atoms with E-state index in [1.807, 2.05) is 12.1 Å². The molecular weight excluding hydrogens is 390 g/mol. The van der Waals surface area contributed by atoms with Crippen LogP contribution in [0.2, 0.25) is 0 Å². The molecule has 1 fully saturated rings. The van der Waals surface area contributed by atoms with Gasteiger partial charge in [-0.15, -0.1) is 0 Å². The number of halogens is 1. The molecule has 0 saturated carbocycles. The predicted octanol–water partition coefficient (Wildman–Crippen LogP) is -0.879. The number of carbonyl (C=O) groups excluding carboxylic acids is 3. The first kappa shape index (κ1) is 22.6. The number of benzene rings is 2. The molecule has 1 heterocycles. The van der Waals surface area contributed by atoms with Crippen molar-refractivity contribution in [2.45, 2.75) is 20.3 Å². The number of para-hydroxylation sites is 2. The minimum Gasteiger partial charge on any atom is -1.00 e. The van der Waals surface area contributed by atoms with Gasteiger partial charge in [-0.3, -0.25) is 9.59 Å². The van der Waals surface area contributed by atoms with Crippen LogP contribution in [-0.4, -0.2) is 37.5 Å². The molecule has 29 heavy (non-hydrogen) atoms. The summed E-state index contributed by atoms with van der Waals surface area (Å²) in [7, 11) is 0. The van der Waals surface area contributed by atoms with Crippen LogP contribution in [0.3, 0.4) is 0 Å². The highest BCUT2D eigenvalue weighted by molar-refractivity contribution is 6.36. The highest BCUT2D eigenvalue weighted by Gasteiger charge is 2.47. The Hall–Kier alpha value is -2.70. The quantitative estimate of drug-likeness (QED) is 0.597. The second-order valence-electron chi connectivity index (χ2n) is 6.85. The monoisotopic (exact) mass is 415 g/mol. The van der Waals surface area contributed by atoms with Crippen molar-refractivity contribution in [3.63, 3.8) is 0 Å². The van der Waals surface area contributed by atoms with Crippen LogP contribution in [0, 0.1) is 5.92 Å². The summed E-state index contributed by atoms with van der Waals surface area (Å²) in [6.45, 7) is 6.72. The normalized spacial score (nSPS) is 15.1. The maximum Gasteiger partial charge on any atom is 0.342 e. The maximum absolute atomic E-state index is 13.2. The number of imide groups is 2. The average molecular weight is 416 g/mol. The van der Waals surface area contributed by atoms with Gasteiger partial charge in [-0.1, -0.05) is 36.4 Å². The number of hydrogen-bond acceptors (Lipinski definition) is 3. The highest BCUT2D eigenvalue weighted by Crippen LogP contribution is 2.29. The summed E-state index contributed by atoms with van der Waals surface area (Å²) in [4.78, 5) is 43.1. The Labute approximate surface area is 177 Å². The van der Waals surface area contributed by atoms with Gasteiger partial charge in [0, 0.05) is 6.42 Å². The molecule has 4 amide bonds. The van der Waals surface area contributed by atoms with Crippen LogP contribution >= 0.6 is 0 Å². The van der Waals surface area contributed by atoms with E-state index in [-0.39, 0.29) is 12.4 Å². The first-order valence-corrected chi connectivity index (χ1v) is 9.74. The molecule has 2 aromatic carbocycles. The second-order valence-corrected chi connectivity index (χ2v) is 6.85. The Morgan fingerprint density at radius 2 is 1.17 bits per heavy atom. The summed E-state index contributed by atoms with van der Waals surface area (Å²) >= 11 is 0. The van der Waals surface area contributed by atoms with Gasteiger partial charge in [0.15, 0.2) is 0 Å². The zero-order valence-corrected chi connectivity index (χ0v) is 17.4. The summed E-state index contributed by atoms with van der Waals surface area (Å²) in [6, 6.07) is 16.9. The smallest absolute Gasteiger partial charge is 0.342 e. The SMILES string of the molecule is CC[NH+](CC)CCC1C(=O)N(c2ccccc2)C(=O)N(c2ccccc2)C1=O.[Cl-]. The molecule has 0 atom stereocenters. The zero-order chi connectivity index (χ0) is 20.1. The summed E-state index contributed by atoms with van der Waals surface area (Å²) in [5.41, 5.74) is 0.956. The molecule has 0 radical (unpaired) electrons. The molecule has 1 saturated heterocycles. The van der Waals surface area contributed by atoms with Crippen molar-refractivity contribution in [2.75, 3.05) is 29.4 Å². The molecular formula is C22H26ClN3O3. The van der Waals surface area contributed by atoms with E-state index in [9.17, 15) is 14.4 Å². The minimum atomic E-state index is -0.869. The molecule has 0 aromatic heterocycles.